The molecular weight excluding hydrogens is 202 g/mol. The van der Waals surface area contributed by atoms with Crippen LogP contribution in [0.5, 0.6) is 0 Å². The first-order valence-electron chi connectivity index (χ1n) is 5.21. The van der Waals surface area contributed by atoms with E-state index >= 15 is 0 Å². The van der Waals surface area contributed by atoms with Gasteiger partial charge in [0.05, 0.1) is 6.07 Å². The zero-order valence-corrected chi connectivity index (χ0v) is 9.16. The number of aryl methyl sites for hydroxylation is 1. The second-order valence-electron chi connectivity index (χ2n) is 3.90. The highest BCUT2D eigenvalue weighted by atomic mass is 16.1. The van der Waals surface area contributed by atoms with Gasteiger partial charge >= 0.3 is 0 Å². The van der Waals surface area contributed by atoms with Gasteiger partial charge in [-0.1, -0.05) is 0 Å². The number of benzene rings is 1. The molecule has 2 rings (SSSR count). The van der Waals surface area contributed by atoms with Crippen molar-refractivity contribution in [3.05, 3.63) is 23.8 Å². The maximum Gasteiger partial charge on any atom is 0.224 e. The van der Waals surface area contributed by atoms with Gasteiger partial charge in [-0.05, 0) is 30.2 Å². The van der Waals surface area contributed by atoms with Gasteiger partial charge in [-0.3, -0.25) is 4.79 Å². The summed E-state index contributed by atoms with van der Waals surface area (Å²) in [6.07, 6.45) is 1.31. The van der Waals surface area contributed by atoms with Crippen molar-refractivity contribution in [2.75, 3.05) is 23.8 Å². The molecule has 0 saturated carbocycles. The van der Waals surface area contributed by atoms with Gasteiger partial charge in [0.15, 0.2) is 0 Å². The Kier molecular flexibility index (Phi) is 2.78. The number of rotatable bonds is 2. The number of hydrogen-bond acceptors (Lipinski definition) is 3. The molecule has 0 radical (unpaired) electrons. The topological polar surface area (TPSA) is 56.1 Å². The van der Waals surface area contributed by atoms with Crippen LogP contribution < -0.4 is 10.2 Å². The summed E-state index contributed by atoms with van der Waals surface area (Å²) in [7, 11) is 1.88. The lowest BCUT2D eigenvalue weighted by Gasteiger charge is -2.21. The molecule has 1 aliphatic rings. The molecule has 4 nitrogen and oxygen atoms in total. The molecule has 16 heavy (non-hydrogen) atoms. The van der Waals surface area contributed by atoms with E-state index in [1.54, 1.807) is 0 Å². The lowest BCUT2D eigenvalue weighted by Crippen LogP contribution is -2.21. The number of amides is 1. The maximum atomic E-state index is 11.2. The first kappa shape index (κ1) is 10.5. The van der Waals surface area contributed by atoms with Crippen LogP contribution in [0, 0.1) is 11.3 Å². The first-order chi connectivity index (χ1) is 7.70. The number of nitrogens with one attached hydrogen (secondary N) is 1. The van der Waals surface area contributed by atoms with Crippen LogP contribution in [-0.4, -0.2) is 19.5 Å². The van der Waals surface area contributed by atoms with Gasteiger partial charge in [-0.2, -0.15) is 5.26 Å². The monoisotopic (exact) mass is 215 g/mol. The fraction of sp³-hybridized carbons (Fsp3) is 0.333. The summed E-state index contributed by atoms with van der Waals surface area (Å²) in [5.41, 5.74) is 3.05. The molecule has 0 unspecified atom stereocenters. The predicted octanol–water partition coefficient (Wildman–Crippen LogP) is 1.53. The van der Waals surface area contributed by atoms with E-state index in [0.29, 0.717) is 13.0 Å². The standard InChI is InChI=1S/C12H13N3O/c1-15(7-6-13)10-3-4-11-9(8-10)2-5-12(16)14-11/h3-4,8H,2,5,7H2,1H3,(H,14,16). The molecule has 0 spiro atoms. The van der Waals surface area contributed by atoms with Crippen molar-refractivity contribution < 1.29 is 4.79 Å². The molecule has 1 heterocycles. The summed E-state index contributed by atoms with van der Waals surface area (Å²) in [6, 6.07) is 7.96. The molecule has 1 amide bonds. The van der Waals surface area contributed by atoms with Gasteiger partial charge in [-0.25, -0.2) is 0 Å². The molecule has 4 heteroatoms. The molecule has 1 aromatic rings. The fourth-order valence-corrected chi connectivity index (χ4v) is 1.80. The van der Waals surface area contributed by atoms with Crippen LogP contribution in [0.25, 0.3) is 0 Å². The summed E-state index contributed by atoms with van der Waals surface area (Å²) in [5.74, 6) is 0.0747. The molecule has 0 saturated heterocycles. The Balaban J connectivity index is 2.26. The van der Waals surface area contributed by atoms with Crippen molar-refractivity contribution in [1.82, 2.24) is 0 Å². The Bertz CT molecular complexity index is 462. The van der Waals surface area contributed by atoms with Gasteiger partial charge in [0.2, 0.25) is 5.91 Å². The van der Waals surface area contributed by atoms with E-state index < -0.39 is 0 Å². The van der Waals surface area contributed by atoms with Crippen molar-refractivity contribution in [2.24, 2.45) is 0 Å². The third-order valence-electron chi connectivity index (χ3n) is 2.73. The highest BCUT2D eigenvalue weighted by Gasteiger charge is 2.15. The first-order valence-corrected chi connectivity index (χ1v) is 5.21. The summed E-state index contributed by atoms with van der Waals surface area (Å²) >= 11 is 0. The lowest BCUT2D eigenvalue weighted by atomic mass is 10.0. The molecule has 0 atom stereocenters. The normalized spacial score (nSPS) is 13.6. The van der Waals surface area contributed by atoms with Crippen LogP contribution in [0.2, 0.25) is 0 Å². The van der Waals surface area contributed by atoms with E-state index in [0.717, 1.165) is 23.4 Å². The van der Waals surface area contributed by atoms with E-state index in [1.165, 1.54) is 0 Å². The van der Waals surface area contributed by atoms with Crippen LogP contribution in [0.1, 0.15) is 12.0 Å². The average molecular weight is 215 g/mol. The minimum absolute atomic E-state index is 0.0747. The van der Waals surface area contributed by atoms with Gasteiger partial charge in [0.25, 0.3) is 0 Å². The van der Waals surface area contributed by atoms with Crippen LogP contribution in [0.4, 0.5) is 11.4 Å². The number of fused-ring (bicyclic) bond motifs is 1. The average Bonchev–Trinajstić information content (AvgIpc) is 2.28. The Labute approximate surface area is 94.5 Å². The number of anilines is 2. The van der Waals surface area contributed by atoms with Crippen molar-refractivity contribution in [3.63, 3.8) is 0 Å². The zero-order valence-electron chi connectivity index (χ0n) is 9.16. The number of carbonyl (C=O) groups excluding carboxylic acids is 1. The molecule has 0 bridgehead atoms. The molecule has 82 valence electrons. The molecule has 1 aliphatic heterocycles. The van der Waals surface area contributed by atoms with E-state index in [2.05, 4.69) is 11.4 Å². The lowest BCUT2D eigenvalue weighted by molar-refractivity contribution is -0.116. The summed E-state index contributed by atoms with van der Waals surface area (Å²) < 4.78 is 0. The minimum Gasteiger partial charge on any atom is -0.361 e. The number of nitriles is 1. The van der Waals surface area contributed by atoms with Crippen LogP contribution in [0.3, 0.4) is 0 Å². The molecule has 1 N–H and O–H groups in total. The van der Waals surface area contributed by atoms with Crippen molar-refractivity contribution >= 4 is 17.3 Å². The second kappa shape index (κ2) is 4.23. The van der Waals surface area contributed by atoms with Gasteiger partial charge in [-0.15, -0.1) is 0 Å². The highest BCUT2D eigenvalue weighted by molar-refractivity contribution is 5.94. The Morgan fingerprint density at radius 2 is 2.31 bits per heavy atom. The third-order valence-corrected chi connectivity index (χ3v) is 2.73. The van der Waals surface area contributed by atoms with Gasteiger partial charge in [0.1, 0.15) is 6.54 Å². The quantitative estimate of drug-likeness (QED) is 0.761. The summed E-state index contributed by atoms with van der Waals surface area (Å²) in [6.45, 7) is 0.366. The SMILES string of the molecule is CN(CC#N)c1ccc2c(c1)CCC(=O)N2. The third kappa shape index (κ3) is 1.98. The van der Waals surface area contributed by atoms with Crippen LogP contribution in [0.15, 0.2) is 18.2 Å². The molecule has 0 fully saturated rings. The Morgan fingerprint density at radius 3 is 3.06 bits per heavy atom. The molecule has 0 aromatic heterocycles. The van der Waals surface area contributed by atoms with Crippen molar-refractivity contribution in [2.45, 2.75) is 12.8 Å². The zero-order chi connectivity index (χ0) is 11.5. The maximum absolute atomic E-state index is 11.2. The predicted molar refractivity (Wildman–Crippen MR) is 62.3 cm³/mol. The molecule has 1 aromatic carbocycles. The number of carbonyl (C=O) groups is 1. The van der Waals surface area contributed by atoms with E-state index in [1.807, 2.05) is 30.1 Å². The minimum atomic E-state index is 0.0747. The second-order valence-corrected chi connectivity index (χ2v) is 3.90. The summed E-state index contributed by atoms with van der Waals surface area (Å²) in [4.78, 5) is 13.1. The Hall–Kier alpha value is -2.02. The fourth-order valence-electron chi connectivity index (χ4n) is 1.80. The Morgan fingerprint density at radius 1 is 1.50 bits per heavy atom. The van der Waals surface area contributed by atoms with E-state index in [9.17, 15) is 4.79 Å². The summed E-state index contributed by atoms with van der Waals surface area (Å²) in [5, 5.41) is 11.5. The number of hydrogen-bond donors (Lipinski definition) is 1. The van der Waals surface area contributed by atoms with Crippen molar-refractivity contribution in [1.29, 1.82) is 5.26 Å². The molecule has 0 aliphatic carbocycles. The smallest absolute Gasteiger partial charge is 0.224 e. The van der Waals surface area contributed by atoms with Crippen LogP contribution >= 0.6 is 0 Å². The molecular formula is C12H13N3O. The van der Waals surface area contributed by atoms with Crippen molar-refractivity contribution in [3.8, 4) is 6.07 Å². The van der Waals surface area contributed by atoms with E-state index in [-0.39, 0.29) is 5.91 Å². The number of nitrogens with zero attached hydrogens (tertiary/aromatic N) is 2. The largest absolute Gasteiger partial charge is 0.361 e. The van der Waals surface area contributed by atoms with E-state index in [4.69, 9.17) is 5.26 Å². The van der Waals surface area contributed by atoms with Crippen LogP contribution in [-0.2, 0) is 11.2 Å². The van der Waals surface area contributed by atoms with Gasteiger partial charge < -0.3 is 10.2 Å². The highest BCUT2D eigenvalue weighted by Crippen LogP contribution is 2.26. The van der Waals surface area contributed by atoms with Gasteiger partial charge in [0, 0.05) is 24.8 Å².